The number of amides is 1. The molecule has 1 aliphatic rings. The van der Waals surface area contributed by atoms with Crippen LogP contribution in [0.2, 0.25) is 0 Å². The van der Waals surface area contributed by atoms with Crippen molar-refractivity contribution in [2.75, 3.05) is 33.8 Å². The lowest BCUT2D eigenvalue weighted by Gasteiger charge is -2.47. The highest BCUT2D eigenvalue weighted by molar-refractivity contribution is 7.14. The fourth-order valence-corrected chi connectivity index (χ4v) is 6.89. The SMILES string of the molecule is CCCCCCCOc1ccc(-c2cnc(-c3ccc(C[C@H](NC(=O)c4ccc(C(C)(C)C)s4)C(O)N4CC(N(C)C)C4)cc3)nc2)cc1. The Bertz CT molecular complexity index is 1610. The number of aliphatic hydroxyl groups is 1. The normalized spacial score (nSPS) is 15.2. The molecule has 49 heavy (non-hydrogen) atoms. The number of unbranched alkanes of at least 4 members (excludes halogenated alkanes) is 4. The first-order valence-corrected chi connectivity index (χ1v) is 18.5. The van der Waals surface area contributed by atoms with E-state index in [-0.39, 0.29) is 11.3 Å². The number of likely N-dealkylation sites (N-methyl/N-ethyl adjacent to an activating group) is 1. The summed E-state index contributed by atoms with van der Waals surface area (Å²) in [5, 5.41) is 14.6. The minimum absolute atomic E-state index is 0.0273. The van der Waals surface area contributed by atoms with Gasteiger partial charge in [0.2, 0.25) is 0 Å². The van der Waals surface area contributed by atoms with E-state index < -0.39 is 12.3 Å². The summed E-state index contributed by atoms with van der Waals surface area (Å²) in [6.07, 6.45) is 9.51. The number of aliphatic hydroxyl groups excluding tert-OH is 1. The van der Waals surface area contributed by atoms with Crippen LogP contribution in [0.3, 0.4) is 0 Å². The van der Waals surface area contributed by atoms with Crippen molar-refractivity contribution in [3.8, 4) is 28.3 Å². The van der Waals surface area contributed by atoms with E-state index in [1.165, 1.54) is 37.0 Å². The molecule has 0 bridgehead atoms. The third-order valence-corrected chi connectivity index (χ3v) is 10.8. The number of rotatable bonds is 16. The lowest BCUT2D eigenvalue weighted by molar-refractivity contribution is -0.0875. The highest BCUT2D eigenvalue weighted by Crippen LogP contribution is 2.30. The number of hydrogen-bond donors (Lipinski definition) is 2. The summed E-state index contributed by atoms with van der Waals surface area (Å²) in [5.74, 6) is 1.38. The smallest absolute Gasteiger partial charge is 0.261 e. The molecule has 5 rings (SSSR count). The van der Waals surface area contributed by atoms with Crippen molar-refractivity contribution in [1.29, 1.82) is 0 Å². The molecule has 2 aromatic heterocycles. The van der Waals surface area contributed by atoms with E-state index >= 15 is 0 Å². The maximum atomic E-state index is 13.4. The van der Waals surface area contributed by atoms with E-state index in [2.05, 4.69) is 62.0 Å². The average molecular weight is 684 g/mol. The van der Waals surface area contributed by atoms with Gasteiger partial charge in [0.1, 0.15) is 12.0 Å². The van der Waals surface area contributed by atoms with E-state index in [1.807, 2.05) is 78.0 Å². The van der Waals surface area contributed by atoms with Crippen LogP contribution in [0.1, 0.15) is 79.9 Å². The van der Waals surface area contributed by atoms with Gasteiger partial charge < -0.3 is 20.1 Å². The van der Waals surface area contributed by atoms with Crippen LogP contribution in [0.25, 0.3) is 22.5 Å². The number of ether oxygens (including phenoxy) is 1. The Hall–Kier alpha value is -3.63. The van der Waals surface area contributed by atoms with E-state index in [9.17, 15) is 9.90 Å². The van der Waals surface area contributed by atoms with Gasteiger partial charge in [-0.3, -0.25) is 9.69 Å². The minimum Gasteiger partial charge on any atom is -0.494 e. The van der Waals surface area contributed by atoms with Crippen molar-refractivity contribution >= 4 is 17.2 Å². The van der Waals surface area contributed by atoms with Gasteiger partial charge in [0.15, 0.2) is 5.82 Å². The molecule has 9 heteroatoms. The molecule has 262 valence electrons. The van der Waals surface area contributed by atoms with E-state index in [0.29, 0.717) is 23.2 Å². The highest BCUT2D eigenvalue weighted by Gasteiger charge is 2.37. The van der Waals surface area contributed by atoms with Crippen LogP contribution < -0.4 is 10.1 Å². The summed E-state index contributed by atoms with van der Waals surface area (Å²) < 4.78 is 5.92. The summed E-state index contributed by atoms with van der Waals surface area (Å²) in [4.78, 5) is 28.7. The van der Waals surface area contributed by atoms with Gasteiger partial charge in [-0.2, -0.15) is 0 Å². The van der Waals surface area contributed by atoms with Gasteiger partial charge in [-0.1, -0.05) is 89.8 Å². The summed E-state index contributed by atoms with van der Waals surface area (Å²) in [5.41, 5.74) is 3.88. The molecule has 0 radical (unpaired) electrons. The molecule has 1 unspecified atom stereocenters. The van der Waals surface area contributed by atoms with Crippen LogP contribution in [0, 0.1) is 0 Å². The predicted octanol–water partition coefficient (Wildman–Crippen LogP) is 7.42. The maximum absolute atomic E-state index is 13.4. The zero-order valence-electron chi connectivity index (χ0n) is 30.0. The Morgan fingerprint density at radius 1 is 0.939 bits per heavy atom. The lowest BCUT2D eigenvalue weighted by atomic mass is 9.95. The molecule has 1 amide bonds. The number of aromatic nitrogens is 2. The summed E-state index contributed by atoms with van der Waals surface area (Å²) in [6, 6.07) is 20.0. The Morgan fingerprint density at radius 2 is 1.59 bits per heavy atom. The van der Waals surface area contributed by atoms with Gasteiger partial charge in [-0.15, -0.1) is 11.3 Å². The number of thiophene rings is 1. The van der Waals surface area contributed by atoms with Crippen LogP contribution in [0.15, 0.2) is 73.1 Å². The maximum Gasteiger partial charge on any atom is 0.261 e. The predicted molar refractivity (Wildman–Crippen MR) is 200 cm³/mol. The number of likely N-dealkylation sites (tertiary alicyclic amines) is 1. The van der Waals surface area contributed by atoms with Gasteiger partial charge in [0.25, 0.3) is 5.91 Å². The number of nitrogens with one attached hydrogen (secondary N) is 1. The molecular formula is C40H53N5O3S. The van der Waals surface area contributed by atoms with Crippen LogP contribution >= 0.6 is 11.3 Å². The van der Waals surface area contributed by atoms with Gasteiger partial charge in [0, 0.05) is 47.5 Å². The zero-order chi connectivity index (χ0) is 35.0. The second-order valence-electron chi connectivity index (χ2n) is 14.5. The number of hydrogen-bond acceptors (Lipinski definition) is 8. The number of carbonyl (C=O) groups is 1. The molecule has 0 aliphatic carbocycles. The Balaban J connectivity index is 1.21. The fourth-order valence-electron chi connectivity index (χ4n) is 5.93. The second kappa shape index (κ2) is 16.9. The monoisotopic (exact) mass is 683 g/mol. The summed E-state index contributed by atoms with van der Waals surface area (Å²) in [7, 11) is 4.11. The molecule has 2 aromatic carbocycles. The van der Waals surface area contributed by atoms with Gasteiger partial charge >= 0.3 is 0 Å². The first-order chi connectivity index (χ1) is 23.5. The minimum atomic E-state index is -0.797. The van der Waals surface area contributed by atoms with Crippen LogP contribution in [0.4, 0.5) is 0 Å². The second-order valence-corrected chi connectivity index (χ2v) is 15.5. The first kappa shape index (κ1) is 36.6. The van der Waals surface area contributed by atoms with E-state index in [1.54, 1.807) is 0 Å². The van der Waals surface area contributed by atoms with Gasteiger partial charge in [-0.25, -0.2) is 9.97 Å². The lowest BCUT2D eigenvalue weighted by Crippen LogP contribution is -2.65. The fraction of sp³-hybridized carbons (Fsp3) is 0.475. The molecule has 1 saturated heterocycles. The molecule has 0 spiro atoms. The highest BCUT2D eigenvalue weighted by atomic mass is 32.1. The molecule has 3 heterocycles. The molecule has 4 aromatic rings. The van der Waals surface area contributed by atoms with Gasteiger partial charge in [-0.05, 0) is 67.7 Å². The summed E-state index contributed by atoms with van der Waals surface area (Å²) >= 11 is 1.51. The largest absolute Gasteiger partial charge is 0.494 e. The Kier molecular flexibility index (Phi) is 12.6. The molecule has 0 saturated carbocycles. The third kappa shape index (κ3) is 9.97. The van der Waals surface area contributed by atoms with Crippen molar-refractivity contribution in [2.24, 2.45) is 0 Å². The standard InChI is InChI=1S/C40H53N5O3S/c1-7-8-9-10-11-22-48-33-18-16-29(17-19-33)31-24-41-37(42-25-31)30-14-12-28(13-15-30)23-34(39(47)45-26-32(27-45)44(5)6)43-38(46)35-20-21-36(49-35)40(2,3)4/h12-21,24-25,32,34,39,47H,7-11,22-23,26-27H2,1-6H3,(H,43,46)/t34-,39?/m0/s1. The average Bonchev–Trinajstić information content (AvgIpc) is 3.58. The third-order valence-electron chi connectivity index (χ3n) is 9.26. The number of carbonyl (C=O) groups excluding carboxylic acids is 1. The van der Waals surface area contributed by atoms with Crippen LogP contribution in [-0.2, 0) is 11.8 Å². The van der Waals surface area contributed by atoms with E-state index in [4.69, 9.17) is 4.74 Å². The molecule has 2 atom stereocenters. The zero-order valence-corrected chi connectivity index (χ0v) is 30.8. The van der Waals surface area contributed by atoms with Crippen LogP contribution in [-0.4, -0.2) is 82.9 Å². The van der Waals surface area contributed by atoms with Crippen molar-refractivity contribution in [3.05, 3.63) is 88.4 Å². The molecule has 8 nitrogen and oxygen atoms in total. The van der Waals surface area contributed by atoms with E-state index in [0.717, 1.165) is 59.0 Å². The molecule has 1 fully saturated rings. The van der Waals surface area contributed by atoms with Crippen molar-refractivity contribution in [1.82, 2.24) is 25.1 Å². The molecular weight excluding hydrogens is 631 g/mol. The Morgan fingerprint density at radius 3 is 2.20 bits per heavy atom. The number of nitrogens with zero attached hydrogens (tertiary/aromatic N) is 4. The molecule has 2 N–H and O–H groups in total. The van der Waals surface area contributed by atoms with Crippen LogP contribution in [0.5, 0.6) is 5.75 Å². The number of benzene rings is 2. The Labute approximate surface area is 296 Å². The van der Waals surface area contributed by atoms with Gasteiger partial charge in [0.05, 0.1) is 17.5 Å². The van der Waals surface area contributed by atoms with Crippen molar-refractivity contribution in [3.63, 3.8) is 0 Å². The quantitative estimate of drug-likeness (QED) is 0.119. The first-order valence-electron chi connectivity index (χ1n) is 17.7. The summed E-state index contributed by atoms with van der Waals surface area (Å²) in [6.45, 7) is 10.9. The molecule has 1 aliphatic heterocycles. The van der Waals surface area contributed by atoms with Crippen molar-refractivity contribution in [2.45, 2.75) is 89.9 Å². The van der Waals surface area contributed by atoms with Crippen molar-refractivity contribution < 1.29 is 14.6 Å². The topological polar surface area (TPSA) is 90.8 Å².